The van der Waals surface area contributed by atoms with E-state index in [0.29, 0.717) is 5.84 Å². The predicted molar refractivity (Wildman–Crippen MR) is 256 cm³/mol. The molecular weight excluding hydrogens is 757 g/mol. The molecule has 0 bridgehead atoms. The maximum atomic E-state index is 6.75. The van der Waals surface area contributed by atoms with Crippen molar-refractivity contribution in [1.29, 1.82) is 0 Å². The van der Waals surface area contributed by atoms with Gasteiger partial charge >= 0.3 is 0 Å². The summed E-state index contributed by atoms with van der Waals surface area (Å²) < 4.78 is 9.12. The average molecular weight is 795 g/mol. The highest BCUT2D eigenvalue weighted by Gasteiger charge is 2.23. The molecule has 0 fully saturated rings. The summed E-state index contributed by atoms with van der Waals surface area (Å²) in [5.41, 5.74) is 15.0. The van der Waals surface area contributed by atoms with Gasteiger partial charge in [-0.2, -0.15) is 0 Å². The Kier molecular flexibility index (Phi) is 8.49. The maximum Gasteiger partial charge on any atom is 0.159 e. The number of rotatable bonds is 7. The summed E-state index contributed by atoms with van der Waals surface area (Å²) in [5, 5.41) is 8.18. The number of furan rings is 1. The largest absolute Gasteiger partial charge is 0.456 e. The Morgan fingerprint density at radius 2 is 0.855 bits per heavy atom. The van der Waals surface area contributed by atoms with Crippen molar-refractivity contribution in [2.75, 3.05) is 0 Å². The second-order valence-corrected chi connectivity index (χ2v) is 15.8. The fraction of sp³-hybridized carbons (Fsp3) is 0.0175. The van der Waals surface area contributed by atoms with E-state index in [2.05, 4.69) is 204 Å². The number of hydrogen-bond donors (Lipinski definition) is 1. The van der Waals surface area contributed by atoms with E-state index >= 15 is 0 Å². The summed E-state index contributed by atoms with van der Waals surface area (Å²) in [7, 11) is 0. The van der Waals surface area contributed by atoms with Crippen molar-refractivity contribution in [2.45, 2.75) is 6.17 Å². The molecule has 11 aromatic rings. The summed E-state index contributed by atoms with van der Waals surface area (Å²) >= 11 is 0. The van der Waals surface area contributed by atoms with E-state index in [1.54, 1.807) is 0 Å². The molecule has 1 aliphatic rings. The molecule has 2 aromatic heterocycles. The van der Waals surface area contributed by atoms with Crippen LogP contribution in [0, 0.1) is 0 Å². The van der Waals surface area contributed by atoms with Crippen LogP contribution >= 0.6 is 0 Å². The van der Waals surface area contributed by atoms with Crippen molar-refractivity contribution in [3.63, 3.8) is 0 Å². The molecule has 0 saturated carbocycles. The molecule has 1 atom stereocenters. The average Bonchev–Trinajstić information content (AvgIpc) is 3.89. The van der Waals surface area contributed by atoms with Gasteiger partial charge in [-0.25, -0.2) is 9.98 Å². The molecule has 3 heterocycles. The number of aliphatic imine (C=N–C) groups is 2. The van der Waals surface area contributed by atoms with Crippen LogP contribution in [0.25, 0.3) is 82.8 Å². The van der Waals surface area contributed by atoms with Crippen molar-refractivity contribution in [1.82, 2.24) is 9.88 Å². The summed E-state index contributed by atoms with van der Waals surface area (Å²) in [6.07, 6.45) is -0.324. The fourth-order valence-electron chi connectivity index (χ4n) is 8.95. The number of amidine groups is 2. The summed E-state index contributed by atoms with van der Waals surface area (Å²) in [5.74, 6) is 1.43. The van der Waals surface area contributed by atoms with Crippen LogP contribution in [0.5, 0.6) is 0 Å². The third-order valence-electron chi connectivity index (χ3n) is 12.1. The lowest BCUT2D eigenvalue weighted by Crippen LogP contribution is -2.33. The van der Waals surface area contributed by atoms with Gasteiger partial charge in [-0.1, -0.05) is 164 Å². The van der Waals surface area contributed by atoms with Crippen molar-refractivity contribution in [3.05, 3.63) is 235 Å². The van der Waals surface area contributed by atoms with Crippen molar-refractivity contribution < 1.29 is 4.42 Å². The maximum absolute atomic E-state index is 6.75. The van der Waals surface area contributed by atoms with Gasteiger partial charge in [-0.15, -0.1) is 0 Å². The monoisotopic (exact) mass is 794 g/mol. The molecule has 5 nitrogen and oxygen atoms in total. The molecular formula is C57H38N4O. The summed E-state index contributed by atoms with van der Waals surface area (Å²) in [6.45, 7) is 0. The van der Waals surface area contributed by atoms with Crippen LogP contribution in [0.3, 0.4) is 0 Å². The third kappa shape index (κ3) is 6.27. The smallest absolute Gasteiger partial charge is 0.159 e. The van der Waals surface area contributed by atoms with E-state index in [1.807, 2.05) is 24.3 Å². The predicted octanol–water partition coefficient (Wildman–Crippen LogP) is 14.2. The van der Waals surface area contributed by atoms with Crippen molar-refractivity contribution in [2.24, 2.45) is 9.98 Å². The van der Waals surface area contributed by atoms with Gasteiger partial charge in [0.05, 0.1) is 11.0 Å². The Morgan fingerprint density at radius 3 is 1.44 bits per heavy atom. The first-order chi connectivity index (χ1) is 30.7. The van der Waals surface area contributed by atoms with Crippen LogP contribution in [-0.2, 0) is 0 Å². The number of fused-ring (bicyclic) bond motifs is 6. The number of benzene rings is 9. The van der Waals surface area contributed by atoms with Crippen molar-refractivity contribution in [3.8, 4) is 39.1 Å². The van der Waals surface area contributed by atoms with Gasteiger partial charge in [0, 0.05) is 44.4 Å². The molecule has 1 aliphatic heterocycles. The van der Waals surface area contributed by atoms with Gasteiger partial charge in [0.15, 0.2) is 5.84 Å². The molecule has 5 heteroatoms. The number of aromatic nitrogens is 1. The van der Waals surface area contributed by atoms with E-state index in [9.17, 15) is 0 Å². The first kappa shape index (κ1) is 35.6. The van der Waals surface area contributed by atoms with Gasteiger partial charge in [0.1, 0.15) is 23.2 Å². The minimum absolute atomic E-state index is 0.324. The molecule has 9 aromatic carbocycles. The zero-order valence-corrected chi connectivity index (χ0v) is 33.6. The quantitative estimate of drug-likeness (QED) is 0.175. The number of nitrogens with zero attached hydrogens (tertiary/aromatic N) is 3. The third-order valence-corrected chi connectivity index (χ3v) is 12.1. The number of hydrogen-bond acceptors (Lipinski definition) is 4. The second kappa shape index (κ2) is 14.8. The minimum atomic E-state index is -0.324. The zero-order valence-electron chi connectivity index (χ0n) is 33.6. The lowest BCUT2D eigenvalue weighted by molar-refractivity contribution is 0.666. The van der Waals surface area contributed by atoms with Crippen LogP contribution in [0.2, 0.25) is 0 Å². The molecule has 0 amide bonds. The molecule has 0 saturated heterocycles. The minimum Gasteiger partial charge on any atom is -0.456 e. The summed E-state index contributed by atoms with van der Waals surface area (Å²) in [4.78, 5) is 10.2. The van der Waals surface area contributed by atoms with Gasteiger partial charge in [0.25, 0.3) is 0 Å². The van der Waals surface area contributed by atoms with E-state index in [1.165, 1.54) is 38.6 Å². The van der Waals surface area contributed by atoms with Crippen molar-refractivity contribution >= 4 is 55.4 Å². The second-order valence-electron chi connectivity index (χ2n) is 15.8. The Labute approximate surface area is 358 Å². The lowest BCUT2D eigenvalue weighted by atomic mass is 10.0. The van der Waals surface area contributed by atoms with E-state index in [0.717, 1.165) is 66.7 Å². The zero-order chi connectivity index (χ0) is 41.0. The fourth-order valence-corrected chi connectivity index (χ4v) is 8.95. The highest BCUT2D eigenvalue weighted by molar-refractivity contribution is 6.15. The van der Waals surface area contributed by atoms with Crippen LogP contribution in [0.1, 0.15) is 22.9 Å². The molecule has 0 radical (unpaired) electrons. The standard InChI is InChI=1S/C57H38N4O/c1-5-13-37(14-6-1)40-21-23-42(24-22-40)56-58-55(41-19-11-4-12-20-41)59-57(60-56)45-25-29-47-48-30-28-46(36-54(48)62-53(47)35-45)61-51-31-26-43(38-15-7-2-8-16-38)33-49(51)50-34-44(27-32-52(50)61)39-17-9-3-10-18-39/h1-36,56H,(H,58,59,60). The Hall–Kier alpha value is -8.28. The summed E-state index contributed by atoms with van der Waals surface area (Å²) in [6, 6.07) is 77.0. The normalized spacial score (nSPS) is 14.0. The van der Waals surface area contributed by atoms with E-state index in [-0.39, 0.29) is 6.17 Å². The molecule has 0 aliphatic carbocycles. The highest BCUT2D eigenvalue weighted by Crippen LogP contribution is 2.39. The molecule has 62 heavy (non-hydrogen) atoms. The van der Waals surface area contributed by atoms with Gasteiger partial charge in [0.2, 0.25) is 0 Å². The first-order valence-electron chi connectivity index (χ1n) is 21.0. The van der Waals surface area contributed by atoms with E-state index in [4.69, 9.17) is 14.4 Å². The Balaban J connectivity index is 0.939. The SMILES string of the molecule is c1ccc(C2=NC(c3ccc(-c4ccccc4)cc3)NC(c3ccc4c(c3)oc3cc(-n5c6ccc(-c7ccccc7)cc6c6cc(-c7ccccc7)ccc65)ccc34)=N2)cc1. The molecule has 1 unspecified atom stereocenters. The van der Waals surface area contributed by atoms with Gasteiger partial charge in [-0.3, -0.25) is 0 Å². The molecule has 292 valence electrons. The van der Waals surface area contributed by atoms with Crippen LogP contribution in [0.4, 0.5) is 0 Å². The van der Waals surface area contributed by atoms with Crippen LogP contribution in [-0.4, -0.2) is 16.2 Å². The van der Waals surface area contributed by atoms with Gasteiger partial charge < -0.3 is 14.3 Å². The topological polar surface area (TPSA) is 54.8 Å². The molecule has 12 rings (SSSR count). The Bertz CT molecular complexity index is 3420. The molecule has 0 spiro atoms. The number of nitrogens with one attached hydrogen (secondary N) is 1. The van der Waals surface area contributed by atoms with Gasteiger partial charge in [-0.05, 0) is 87.5 Å². The lowest BCUT2D eigenvalue weighted by Gasteiger charge is -2.24. The van der Waals surface area contributed by atoms with Crippen LogP contribution < -0.4 is 5.32 Å². The first-order valence-corrected chi connectivity index (χ1v) is 21.0. The Morgan fingerprint density at radius 1 is 0.387 bits per heavy atom. The molecule has 1 N–H and O–H groups in total. The van der Waals surface area contributed by atoms with Crippen LogP contribution in [0.15, 0.2) is 233 Å². The van der Waals surface area contributed by atoms with E-state index < -0.39 is 0 Å². The highest BCUT2D eigenvalue weighted by atomic mass is 16.3.